The number of carbonyl (C=O) groups excluding carboxylic acids is 2. The number of aliphatic hydroxyl groups excluding tert-OH is 4. The molecule has 0 saturated heterocycles. The van der Waals surface area contributed by atoms with Crippen LogP contribution in [0.15, 0.2) is 72.9 Å². The first-order chi connectivity index (χ1) is 26.9. The Morgan fingerprint density at radius 1 is 0.679 bits per heavy atom. The molecule has 0 saturated carbocycles. The van der Waals surface area contributed by atoms with Gasteiger partial charge in [-0.1, -0.05) is 151 Å². The Morgan fingerprint density at radius 3 is 1.93 bits per heavy atom. The molecule has 0 aromatic carbocycles. The van der Waals surface area contributed by atoms with Gasteiger partial charge in [-0.15, -0.1) is 0 Å². The molecule has 322 valence electrons. The number of unbranched alkanes of at least 4 members (excludes halogenated alkanes) is 9. The molecule has 0 spiro atoms. The Morgan fingerprint density at radius 2 is 1.29 bits per heavy atom. The number of carbonyl (C=O) groups is 2. The molecule has 0 aliphatic rings. The van der Waals surface area contributed by atoms with Crippen LogP contribution in [0.3, 0.4) is 0 Å². The topological polar surface area (TPSA) is 189 Å². The van der Waals surface area contributed by atoms with E-state index in [-0.39, 0.29) is 12.8 Å². The van der Waals surface area contributed by atoms with Crippen LogP contribution in [-0.2, 0) is 32.7 Å². The third-order valence-electron chi connectivity index (χ3n) is 8.23. The van der Waals surface area contributed by atoms with Gasteiger partial charge in [0.2, 0.25) is 0 Å². The van der Waals surface area contributed by atoms with Crippen LogP contribution in [-0.4, -0.2) is 88.1 Å². The standard InChI is InChI=1S/C43H73O12P/c1-4-5-19-27-38(45)28-21-15-11-9-12-16-22-29-39(46)30-23-18-25-31-42(48)52-35-41(36-54-56(50,51)53-34-40(47)33-44)55-43(49)32-24-17-13-8-6-7-10-14-20-26-37(2)3/h5,11-12,15-16,19,21-23,28-30,37-41,44-47H,4,6-10,13-14,17-18,20,24-27,31-36H2,1-3H3,(H,50,51)/b15-11-,16-12-,19-5-,28-21+,29-22+,30-23-/t38-,39-,40+,41-/m1/s1. The Bertz CT molecular complexity index is 1210. The van der Waals surface area contributed by atoms with Crippen molar-refractivity contribution in [3.05, 3.63) is 72.9 Å². The summed E-state index contributed by atoms with van der Waals surface area (Å²) < 4.78 is 32.5. The van der Waals surface area contributed by atoms with E-state index in [9.17, 15) is 34.4 Å². The third kappa shape index (κ3) is 36.9. The lowest BCUT2D eigenvalue weighted by atomic mass is 10.0. The molecule has 0 radical (unpaired) electrons. The van der Waals surface area contributed by atoms with E-state index in [1.165, 1.54) is 38.5 Å². The number of hydrogen-bond acceptors (Lipinski definition) is 11. The van der Waals surface area contributed by atoms with Crippen LogP contribution in [0.25, 0.3) is 0 Å². The van der Waals surface area contributed by atoms with Crippen molar-refractivity contribution in [2.75, 3.05) is 26.4 Å². The van der Waals surface area contributed by atoms with Crippen molar-refractivity contribution in [2.24, 2.45) is 5.92 Å². The fraction of sp³-hybridized carbons (Fsp3) is 0.674. The number of aliphatic hydroxyl groups is 4. The summed E-state index contributed by atoms with van der Waals surface area (Å²) in [6, 6.07) is 0. The second kappa shape index (κ2) is 36.7. The molecular formula is C43H73O12P. The van der Waals surface area contributed by atoms with Gasteiger partial charge in [-0.25, -0.2) is 4.57 Å². The molecule has 0 heterocycles. The lowest BCUT2D eigenvalue weighted by Crippen LogP contribution is -2.29. The van der Waals surface area contributed by atoms with Crippen LogP contribution in [0.2, 0.25) is 0 Å². The van der Waals surface area contributed by atoms with E-state index in [2.05, 4.69) is 18.4 Å². The minimum absolute atomic E-state index is 0.0523. The zero-order chi connectivity index (χ0) is 41.7. The van der Waals surface area contributed by atoms with Gasteiger partial charge >= 0.3 is 19.8 Å². The third-order valence-corrected chi connectivity index (χ3v) is 9.18. The van der Waals surface area contributed by atoms with Crippen molar-refractivity contribution in [1.82, 2.24) is 0 Å². The molecule has 13 heteroatoms. The lowest BCUT2D eigenvalue weighted by molar-refractivity contribution is -0.161. The largest absolute Gasteiger partial charge is 0.472 e. The molecule has 12 nitrogen and oxygen atoms in total. The van der Waals surface area contributed by atoms with Crippen LogP contribution in [0.5, 0.6) is 0 Å². The van der Waals surface area contributed by atoms with Gasteiger partial charge < -0.3 is 34.8 Å². The van der Waals surface area contributed by atoms with Gasteiger partial charge in [-0.2, -0.15) is 0 Å². The maximum Gasteiger partial charge on any atom is 0.472 e. The van der Waals surface area contributed by atoms with Crippen LogP contribution in [0.4, 0.5) is 0 Å². The Balaban J connectivity index is 4.59. The molecule has 0 aliphatic heterocycles. The summed E-state index contributed by atoms with van der Waals surface area (Å²) >= 11 is 0. The van der Waals surface area contributed by atoms with Gasteiger partial charge in [0.05, 0.1) is 32.0 Å². The van der Waals surface area contributed by atoms with Crippen molar-refractivity contribution in [3.8, 4) is 0 Å². The van der Waals surface area contributed by atoms with Crippen molar-refractivity contribution in [1.29, 1.82) is 0 Å². The zero-order valence-electron chi connectivity index (χ0n) is 34.2. The number of phosphoric acid groups is 1. The Kier molecular flexibility index (Phi) is 34.9. The van der Waals surface area contributed by atoms with Crippen molar-refractivity contribution in [3.63, 3.8) is 0 Å². The second-order valence-corrected chi connectivity index (χ2v) is 15.6. The van der Waals surface area contributed by atoms with Crippen molar-refractivity contribution < 1.29 is 58.0 Å². The van der Waals surface area contributed by atoms with Crippen LogP contribution < -0.4 is 0 Å². The van der Waals surface area contributed by atoms with Gasteiger partial charge in [-0.05, 0) is 44.4 Å². The van der Waals surface area contributed by atoms with Crippen molar-refractivity contribution >= 4 is 19.8 Å². The number of hydrogen-bond donors (Lipinski definition) is 5. The number of phosphoric ester groups is 1. The van der Waals surface area contributed by atoms with Gasteiger partial charge in [0.1, 0.15) is 12.7 Å². The molecule has 5 N–H and O–H groups in total. The molecule has 1 unspecified atom stereocenters. The fourth-order valence-corrected chi connectivity index (χ4v) is 5.82. The van der Waals surface area contributed by atoms with E-state index < -0.39 is 70.6 Å². The van der Waals surface area contributed by atoms with E-state index >= 15 is 0 Å². The Labute approximate surface area is 336 Å². The fourth-order valence-electron chi connectivity index (χ4n) is 5.03. The predicted octanol–water partition coefficient (Wildman–Crippen LogP) is 8.29. The summed E-state index contributed by atoms with van der Waals surface area (Å²) in [5, 5.41) is 38.2. The first-order valence-electron chi connectivity index (χ1n) is 20.5. The molecule has 0 aromatic rings. The van der Waals surface area contributed by atoms with Crippen LogP contribution >= 0.6 is 7.82 Å². The van der Waals surface area contributed by atoms with Gasteiger partial charge in [-0.3, -0.25) is 18.6 Å². The van der Waals surface area contributed by atoms with E-state index in [1.54, 1.807) is 30.4 Å². The molecule has 0 amide bonds. The summed E-state index contributed by atoms with van der Waals surface area (Å²) in [6.07, 6.45) is 32.5. The SMILES string of the molecule is CC/C=C\C[C@@H](O)/C=C/C=C\C/C=C\C=C\[C@@H](O)/C=C\CCCC(=O)OC[C@H](COP(=O)(O)OC[C@@H](O)CO)OC(=O)CCCCCCCCCCCC(C)C. The van der Waals surface area contributed by atoms with E-state index in [0.717, 1.165) is 31.6 Å². The van der Waals surface area contributed by atoms with E-state index in [1.807, 2.05) is 49.5 Å². The molecule has 0 aromatic heterocycles. The maximum absolute atomic E-state index is 12.6. The number of allylic oxidation sites excluding steroid dienone is 8. The summed E-state index contributed by atoms with van der Waals surface area (Å²) in [5.74, 6) is -0.361. The minimum atomic E-state index is -4.66. The molecule has 0 fully saturated rings. The van der Waals surface area contributed by atoms with Crippen LogP contribution in [0, 0.1) is 5.92 Å². The highest BCUT2D eigenvalue weighted by Gasteiger charge is 2.27. The zero-order valence-corrected chi connectivity index (χ0v) is 35.1. The average molecular weight is 813 g/mol. The smallest absolute Gasteiger partial charge is 0.462 e. The molecule has 0 bridgehead atoms. The molecule has 56 heavy (non-hydrogen) atoms. The highest BCUT2D eigenvalue weighted by molar-refractivity contribution is 7.47. The number of ether oxygens (including phenoxy) is 2. The van der Waals surface area contributed by atoms with E-state index in [4.69, 9.17) is 19.1 Å². The van der Waals surface area contributed by atoms with Crippen molar-refractivity contribution in [2.45, 2.75) is 154 Å². The van der Waals surface area contributed by atoms with Gasteiger partial charge in [0.25, 0.3) is 0 Å². The summed E-state index contributed by atoms with van der Waals surface area (Å²) in [7, 11) is -4.66. The van der Waals surface area contributed by atoms with E-state index in [0.29, 0.717) is 32.1 Å². The highest BCUT2D eigenvalue weighted by atomic mass is 31.2. The van der Waals surface area contributed by atoms with Gasteiger partial charge in [0, 0.05) is 12.8 Å². The Hall–Kier alpha value is -2.67. The lowest BCUT2D eigenvalue weighted by Gasteiger charge is -2.20. The number of rotatable bonds is 36. The average Bonchev–Trinajstić information content (AvgIpc) is 3.16. The molecule has 0 rings (SSSR count). The number of esters is 2. The minimum Gasteiger partial charge on any atom is -0.462 e. The molecule has 5 atom stereocenters. The molecule has 0 aliphatic carbocycles. The highest BCUT2D eigenvalue weighted by Crippen LogP contribution is 2.43. The first kappa shape index (κ1) is 53.3. The summed E-state index contributed by atoms with van der Waals surface area (Å²) in [6.45, 7) is 4.22. The summed E-state index contributed by atoms with van der Waals surface area (Å²) in [4.78, 5) is 34.9. The normalized spacial score (nSPS) is 15.9. The van der Waals surface area contributed by atoms with Gasteiger partial charge in [0.15, 0.2) is 6.10 Å². The first-order valence-corrected chi connectivity index (χ1v) is 22.0. The monoisotopic (exact) mass is 812 g/mol. The van der Waals surface area contributed by atoms with Crippen LogP contribution in [0.1, 0.15) is 130 Å². The predicted molar refractivity (Wildman–Crippen MR) is 222 cm³/mol. The summed E-state index contributed by atoms with van der Waals surface area (Å²) in [5.41, 5.74) is 0. The second-order valence-electron chi connectivity index (χ2n) is 14.2. The molecular weight excluding hydrogens is 739 g/mol. The maximum atomic E-state index is 12.6. The quantitative estimate of drug-likeness (QED) is 0.0134.